The topological polar surface area (TPSA) is 81.8 Å². The van der Waals surface area contributed by atoms with Gasteiger partial charge in [-0.25, -0.2) is 4.68 Å². The third-order valence-corrected chi connectivity index (χ3v) is 5.74. The molecule has 5 aromatic rings. The lowest BCUT2D eigenvalue weighted by Crippen LogP contribution is -2.18. The van der Waals surface area contributed by atoms with E-state index in [9.17, 15) is 9.59 Å². The predicted molar refractivity (Wildman–Crippen MR) is 135 cm³/mol. The van der Waals surface area contributed by atoms with Gasteiger partial charge in [-0.1, -0.05) is 12.1 Å². The maximum atomic E-state index is 13.2. The Kier molecular flexibility index (Phi) is 5.69. The van der Waals surface area contributed by atoms with Gasteiger partial charge in [-0.2, -0.15) is 5.10 Å². The molecule has 0 fully saturated rings. The van der Waals surface area contributed by atoms with Crippen molar-refractivity contribution in [1.29, 1.82) is 0 Å². The summed E-state index contributed by atoms with van der Waals surface area (Å²) in [7, 11) is 0. The molecule has 0 aliphatic carbocycles. The van der Waals surface area contributed by atoms with Crippen molar-refractivity contribution in [1.82, 2.24) is 19.3 Å². The number of nitrogens with one attached hydrogen (secondary N) is 1. The van der Waals surface area contributed by atoms with Crippen molar-refractivity contribution in [3.05, 3.63) is 101 Å². The average Bonchev–Trinajstić information content (AvgIpc) is 3.39. The molecule has 0 aliphatic heterocycles. The van der Waals surface area contributed by atoms with E-state index in [1.807, 2.05) is 49.5 Å². The molecule has 5 rings (SSSR count). The lowest BCUT2D eigenvalue weighted by molar-refractivity contribution is -0.111. The van der Waals surface area contributed by atoms with Crippen LogP contribution in [0.4, 0.5) is 5.69 Å². The van der Waals surface area contributed by atoms with Crippen LogP contribution in [0.3, 0.4) is 0 Å². The van der Waals surface area contributed by atoms with Crippen LogP contribution in [0.2, 0.25) is 0 Å². The van der Waals surface area contributed by atoms with E-state index in [-0.39, 0.29) is 17.3 Å². The molecule has 0 atom stereocenters. The number of aryl methyl sites for hydroxylation is 1. The minimum absolute atomic E-state index is 0.187. The summed E-state index contributed by atoms with van der Waals surface area (Å²) in [5.41, 5.74) is 4.28. The Morgan fingerprint density at radius 2 is 1.97 bits per heavy atom. The van der Waals surface area contributed by atoms with E-state index in [2.05, 4.69) is 15.4 Å². The maximum absolute atomic E-state index is 13.2. The number of carbonyl (C=O) groups is 1. The van der Waals surface area contributed by atoms with Crippen LogP contribution in [0.25, 0.3) is 33.2 Å². The number of nitrogens with zero attached hydrogens (tertiary/aromatic N) is 4. The molecule has 0 saturated heterocycles. The average molecular weight is 470 g/mol. The third-order valence-electron chi connectivity index (χ3n) is 5.57. The number of hydrogen-bond donors (Lipinski definition) is 1. The van der Waals surface area contributed by atoms with Crippen LogP contribution in [-0.4, -0.2) is 31.1 Å². The number of amides is 1. The standard InChI is InChI=1S/C26H20ClN5O2/c1-17-5-7-20(15-23(17)30-24(33)4-2-11-27)32-25(34)10-6-18-16-28-22-9-8-19(14-21(22)26(18)32)31-13-3-12-29-31/h2-10,12-16H,11H2,1H3,(H,30,33)/b4-2+. The van der Waals surface area contributed by atoms with Crippen molar-refractivity contribution in [2.75, 3.05) is 11.2 Å². The lowest BCUT2D eigenvalue weighted by Gasteiger charge is -2.15. The van der Waals surface area contributed by atoms with Gasteiger partial charge in [-0.3, -0.25) is 19.1 Å². The molecule has 3 aromatic heterocycles. The van der Waals surface area contributed by atoms with Gasteiger partial charge in [0, 0.05) is 53.1 Å². The first-order valence-corrected chi connectivity index (χ1v) is 11.2. The third kappa shape index (κ3) is 3.97. The predicted octanol–water partition coefficient (Wildman–Crippen LogP) is 4.77. The van der Waals surface area contributed by atoms with Gasteiger partial charge in [0.25, 0.3) is 5.56 Å². The zero-order chi connectivity index (χ0) is 23.7. The summed E-state index contributed by atoms with van der Waals surface area (Å²) in [6, 6.07) is 16.5. The lowest BCUT2D eigenvalue weighted by atomic mass is 10.1. The van der Waals surface area contributed by atoms with Crippen LogP contribution < -0.4 is 10.9 Å². The Morgan fingerprint density at radius 1 is 1.12 bits per heavy atom. The minimum Gasteiger partial charge on any atom is -0.322 e. The molecule has 2 aromatic carbocycles. The summed E-state index contributed by atoms with van der Waals surface area (Å²) in [5, 5.41) is 8.82. The molecule has 8 heteroatoms. The smallest absolute Gasteiger partial charge is 0.255 e. The van der Waals surface area contributed by atoms with E-state index >= 15 is 0 Å². The molecule has 1 amide bonds. The van der Waals surface area contributed by atoms with Crippen molar-refractivity contribution in [3.63, 3.8) is 0 Å². The van der Waals surface area contributed by atoms with Crippen molar-refractivity contribution in [2.24, 2.45) is 0 Å². The molecule has 0 radical (unpaired) electrons. The van der Waals surface area contributed by atoms with Gasteiger partial charge < -0.3 is 5.32 Å². The highest BCUT2D eigenvalue weighted by atomic mass is 35.5. The number of anilines is 1. The number of halogens is 1. The van der Waals surface area contributed by atoms with Gasteiger partial charge in [-0.05, 0) is 55.0 Å². The Hall–Kier alpha value is -4.23. The Bertz CT molecular complexity index is 1620. The van der Waals surface area contributed by atoms with Crippen molar-refractivity contribution in [2.45, 2.75) is 6.92 Å². The largest absolute Gasteiger partial charge is 0.322 e. The highest BCUT2D eigenvalue weighted by Crippen LogP contribution is 2.28. The van der Waals surface area contributed by atoms with Gasteiger partial charge >= 0.3 is 0 Å². The summed E-state index contributed by atoms with van der Waals surface area (Å²) in [5.74, 6) is -0.0379. The number of benzene rings is 2. The molecule has 168 valence electrons. The van der Waals surface area contributed by atoms with E-state index in [0.29, 0.717) is 11.4 Å². The summed E-state index contributed by atoms with van der Waals surface area (Å²) in [6.07, 6.45) is 8.29. The minimum atomic E-state index is -0.287. The van der Waals surface area contributed by atoms with Crippen LogP contribution in [0.5, 0.6) is 0 Å². The number of rotatable bonds is 5. The molecule has 3 heterocycles. The molecule has 1 N–H and O–H groups in total. The zero-order valence-corrected chi connectivity index (χ0v) is 19.0. The number of fused-ring (bicyclic) bond motifs is 3. The molecule has 0 saturated carbocycles. The first kappa shape index (κ1) is 21.6. The Labute approximate surface area is 199 Å². The Morgan fingerprint density at radius 3 is 2.76 bits per heavy atom. The van der Waals surface area contributed by atoms with E-state index < -0.39 is 0 Å². The van der Waals surface area contributed by atoms with E-state index in [1.54, 1.807) is 39.9 Å². The van der Waals surface area contributed by atoms with Gasteiger partial charge in [0.2, 0.25) is 5.91 Å². The van der Waals surface area contributed by atoms with Crippen molar-refractivity contribution >= 4 is 45.0 Å². The second-order valence-electron chi connectivity index (χ2n) is 7.77. The Balaban J connectivity index is 1.74. The highest BCUT2D eigenvalue weighted by molar-refractivity contribution is 6.19. The fraction of sp³-hybridized carbons (Fsp3) is 0.0769. The molecular weight excluding hydrogens is 450 g/mol. The van der Waals surface area contributed by atoms with Gasteiger partial charge in [0.1, 0.15) is 0 Å². The van der Waals surface area contributed by atoms with Crippen molar-refractivity contribution < 1.29 is 4.79 Å². The first-order chi connectivity index (χ1) is 16.5. The normalized spacial score (nSPS) is 11.5. The number of alkyl halides is 1. The summed E-state index contributed by atoms with van der Waals surface area (Å²) >= 11 is 5.63. The summed E-state index contributed by atoms with van der Waals surface area (Å²) in [4.78, 5) is 30.0. The summed E-state index contributed by atoms with van der Waals surface area (Å²) < 4.78 is 3.41. The number of aromatic nitrogens is 4. The molecule has 0 aliphatic rings. The van der Waals surface area contributed by atoms with E-state index in [0.717, 1.165) is 33.1 Å². The van der Waals surface area contributed by atoms with Crippen LogP contribution in [0, 0.1) is 6.92 Å². The SMILES string of the molecule is Cc1ccc(-n2c(=O)ccc3cnc4ccc(-n5cccn5)cc4c32)cc1NC(=O)/C=C/CCl. The molecule has 34 heavy (non-hydrogen) atoms. The van der Waals surface area contributed by atoms with E-state index in [4.69, 9.17) is 11.6 Å². The fourth-order valence-corrected chi connectivity index (χ4v) is 4.02. The highest BCUT2D eigenvalue weighted by Gasteiger charge is 2.13. The first-order valence-electron chi connectivity index (χ1n) is 10.6. The quantitative estimate of drug-likeness (QED) is 0.228. The van der Waals surface area contributed by atoms with Crippen LogP contribution in [-0.2, 0) is 4.79 Å². The van der Waals surface area contributed by atoms with Crippen molar-refractivity contribution in [3.8, 4) is 11.4 Å². The number of carbonyl (C=O) groups excluding carboxylic acids is 1. The molecular formula is C26H20ClN5O2. The molecule has 0 spiro atoms. The monoisotopic (exact) mass is 469 g/mol. The number of hydrogen-bond acceptors (Lipinski definition) is 4. The van der Waals surface area contributed by atoms with Crippen LogP contribution >= 0.6 is 11.6 Å². The molecule has 7 nitrogen and oxygen atoms in total. The zero-order valence-electron chi connectivity index (χ0n) is 18.3. The maximum Gasteiger partial charge on any atom is 0.255 e. The second-order valence-corrected chi connectivity index (χ2v) is 8.07. The van der Waals surface area contributed by atoms with Gasteiger partial charge in [-0.15, -0.1) is 11.6 Å². The van der Waals surface area contributed by atoms with E-state index in [1.165, 1.54) is 12.1 Å². The van der Waals surface area contributed by atoms with Crippen LogP contribution in [0.15, 0.2) is 90.1 Å². The molecule has 0 unspecified atom stereocenters. The molecule has 0 bridgehead atoms. The second kappa shape index (κ2) is 8.96. The fourth-order valence-electron chi connectivity index (χ4n) is 3.93. The summed E-state index contributed by atoms with van der Waals surface area (Å²) in [6.45, 7) is 1.90. The number of pyridine rings is 2. The van der Waals surface area contributed by atoms with Gasteiger partial charge in [0.15, 0.2) is 0 Å². The van der Waals surface area contributed by atoms with Crippen LogP contribution in [0.1, 0.15) is 5.56 Å². The number of allylic oxidation sites excluding steroid dienone is 1. The van der Waals surface area contributed by atoms with Gasteiger partial charge in [0.05, 0.1) is 22.4 Å².